The molecule has 1 aliphatic rings. The Morgan fingerprint density at radius 3 is 2.69 bits per heavy atom. The highest BCUT2D eigenvalue weighted by Crippen LogP contribution is 2.20. The first-order valence-corrected chi connectivity index (χ1v) is 10.2. The predicted octanol–water partition coefficient (Wildman–Crippen LogP) is 4.51. The number of allylic oxidation sites excluding steroid dienone is 2. The number of nitrogens with one attached hydrogen (secondary N) is 2. The minimum absolute atomic E-state index is 0.606. The summed E-state index contributed by atoms with van der Waals surface area (Å²) in [6.07, 6.45) is 13.0. The second kappa shape index (κ2) is 11.2. The molecule has 1 saturated carbocycles. The molecule has 4 N–H and O–H groups in total. The summed E-state index contributed by atoms with van der Waals surface area (Å²) in [6, 6.07) is 5.38. The van der Waals surface area contributed by atoms with Gasteiger partial charge in [-0.15, -0.1) is 0 Å². The van der Waals surface area contributed by atoms with Gasteiger partial charge >= 0.3 is 0 Å². The maximum Gasteiger partial charge on any atom is 0.131 e. The SMILES string of the molecule is CCC(CCNC/C(=C\C(C)=C/N)c1ccc(C)o1)NC1CCCCC1. The van der Waals surface area contributed by atoms with Gasteiger partial charge in [0, 0.05) is 24.2 Å². The van der Waals surface area contributed by atoms with Crippen molar-refractivity contribution in [3.8, 4) is 0 Å². The van der Waals surface area contributed by atoms with E-state index in [4.69, 9.17) is 10.2 Å². The Morgan fingerprint density at radius 2 is 2.08 bits per heavy atom. The topological polar surface area (TPSA) is 63.2 Å². The molecule has 0 saturated heterocycles. The number of hydrogen-bond acceptors (Lipinski definition) is 4. The molecule has 1 atom stereocenters. The lowest BCUT2D eigenvalue weighted by molar-refractivity contribution is 0.321. The standard InChI is InChI=1S/C22H37N3O/c1-4-20(25-21-8-6-5-7-9-21)12-13-24-16-19(14-17(2)15-23)22-11-10-18(3)26-22/h10-11,14-15,20-21,24-25H,4-9,12-13,16,23H2,1-3H3/b17-15-,19-14+. The fourth-order valence-corrected chi connectivity index (χ4v) is 3.65. The number of rotatable bonds is 10. The molecule has 0 radical (unpaired) electrons. The number of nitrogens with two attached hydrogens (primary N) is 1. The molecular weight excluding hydrogens is 322 g/mol. The van der Waals surface area contributed by atoms with E-state index in [-0.39, 0.29) is 0 Å². The molecule has 0 bridgehead atoms. The van der Waals surface area contributed by atoms with Crippen molar-refractivity contribution in [2.24, 2.45) is 5.73 Å². The van der Waals surface area contributed by atoms with E-state index < -0.39 is 0 Å². The van der Waals surface area contributed by atoms with Crippen LogP contribution in [0.3, 0.4) is 0 Å². The van der Waals surface area contributed by atoms with E-state index in [0.717, 1.165) is 48.2 Å². The Hall–Kier alpha value is -1.52. The van der Waals surface area contributed by atoms with Crippen LogP contribution in [0.2, 0.25) is 0 Å². The highest BCUT2D eigenvalue weighted by atomic mass is 16.3. The average Bonchev–Trinajstić information content (AvgIpc) is 3.10. The van der Waals surface area contributed by atoms with Gasteiger partial charge in [-0.3, -0.25) is 0 Å². The first-order valence-electron chi connectivity index (χ1n) is 10.2. The van der Waals surface area contributed by atoms with Crippen LogP contribution in [0.4, 0.5) is 0 Å². The molecule has 0 spiro atoms. The molecule has 146 valence electrons. The molecule has 1 aromatic heterocycles. The van der Waals surface area contributed by atoms with E-state index >= 15 is 0 Å². The van der Waals surface area contributed by atoms with Gasteiger partial charge in [0.15, 0.2) is 0 Å². The maximum absolute atomic E-state index is 5.80. The smallest absolute Gasteiger partial charge is 0.131 e. The van der Waals surface area contributed by atoms with E-state index in [0.29, 0.717) is 6.04 Å². The zero-order chi connectivity index (χ0) is 18.8. The van der Waals surface area contributed by atoms with Crippen molar-refractivity contribution in [2.45, 2.75) is 77.8 Å². The summed E-state index contributed by atoms with van der Waals surface area (Å²) in [5.74, 6) is 1.85. The van der Waals surface area contributed by atoms with Crippen LogP contribution < -0.4 is 16.4 Å². The van der Waals surface area contributed by atoms with Gasteiger partial charge in [-0.05, 0) is 76.1 Å². The van der Waals surface area contributed by atoms with Crippen molar-refractivity contribution in [3.05, 3.63) is 41.5 Å². The Morgan fingerprint density at radius 1 is 1.31 bits per heavy atom. The lowest BCUT2D eigenvalue weighted by Gasteiger charge is -2.28. The zero-order valence-corrected chi connectivity index (χ0v) is 16.8. The molecule has 0 amide bonds. The molecular formula is C22H37N3O. The van der Waals surface area contributed by atoms with Gasteiger partial charge in [-0.2, -0.15) is 0 Å². The van der Waals surface area contributed by atoms with Crippen LogP contribution in [-0.2, 0) is 0 Å². The van der Waals surface area contributed by atoms with Gasteiger partial charge < -0.3 is 20.8 Å². The Balaban J connectivity index is 1.81. The number of hydrogen-bond donors (Lipinski definition) is 3. The van der Waals surface area contributed by atoms with Crippen LogP contribution in [0.1, 0.15) is 70.3 Å². The predicted molar refractivity (Wildman–Crippen MR) is 111 cm³/mol. The summed E-state index contributed by atoms with van der Waals surface area (Å²) in [7, 11) is 0. The lowest BCUT2D eigenvalue weighted by atomic mass is 9.94. The first-order chi connectivity index (χ1) is 12.6. The van der Waals surface area contributed by atoms with E-state index in [1.54, 1.807) is 6.20 Å². The third-order valence-electron chi connectivity index (χ3n) is 5.28. The average molecular weight is 360 g/mol. The Bertz CT molecular complexity index is 582. The normalized spacial score (nSPS) is 18.3. The molecule has 1 aliphatic carbocycles. The van der Waals surface area contributed by atoms with E-state index in [1.165, 1.54) is 38.5 Å². The second-order valence-electron chi connectivity index (χ2n) is 7.56. The van der Waals surface area contributed by atoms with Crippen molar-refractivity contribution in [3.63, 3.8) is 0 Å². The lowest BCUT2D eigenvalue weighted by Crippen LogP contribution is -2.40. The van der Waals surface area contributed by atoms with Crippen LogP contribution in [-0.4, -0.2) is 25.2 Å². The highest BCUT2D eigenvalue weighted by molar-refractivity contribution is 5.65. The summed E-state index contributed by atoms with van der Waals surface area (Å²) in [4.78, 5) is 0. The van der Waals surface area contributed by atoms with E-state index in [2.05, 4.69) is 23.6 Å². The van der Waals surface area contributed by atoms with Crippen molar-refractivity contribution in [2.75, 3.05) is 13.1 Å². The van der Waals surface area contributed by atoms with Crippen molar-refractivity contribution >= 4 is 5.57 Å². The zero-order valence-electron chi connectivity index (χ0n) is 16.8. The second-order valence-corrected chi connectivity index (χ2v) is 7.56. The van der Waals surface area contributed by atoms with Gasteiger partial charge in [-0.25, -0.2) is 0 Å². The molecule has 1 aromatic rings. The summed E-state index contributed by atoms with van der Waals surface area (Å²) < 4.78 is 5.80. The van der Waals surface area contributed by atoms with Gasteiger partial charge in [0.25, 0.3) is 0 Å². The molecule has 0 aromatic carbocycles. The molecule has 26 heavy (non-hydrogen) atoms. The van der Waals surface area contributed by atoms with Crippen molar-refractivity contribution in [1.82, 2.24) is 10.6 Å². The van der Waals surface area contributed by atoms with Gasteiger partial charge in [0.2, 0.25) is 0 Å². The van der Waals surface area contributed by atoms with E-state index in [9.17, 15) is 0 Å². The summed E-state index contributed by atoms with van der Waals surface area (Å²) in [5, 5.41) is 7.46. The molecule has 1 unspecified atom stereocenters. The fraction of sp³-hybridized carbons (Fsp3) is 0.636. The number of furan rings is 1. The molecule has 4 heteroatoms. The van der Waals surface area contributed by atoms with Crippen LogP contribution in [0.5, 0.6) is 0 Å². The Labute approximate surface area is 159 Å². The quantitative estimate of drug-likeness (QED) is 0.425. The van der Waals surface area contributed by atoms with Gasteiger partial charge in [0.1, 0.15) is 11.5 Å². The van der Waals surface area contributed by atoms with Crippen LogP contribution in [0.15, 0.2) is 34.4 Å². The van der Waals surface area contributed by atoms with Gasteiger partial charge in [0.05, 0.1) is 0 Å². The summed E-state index contributed by atoms with van der Waals surface area (Å²) >= 11 is 0. The molecule has 4 nitrogen and oxygen atoms in total. The maximum atomic E-state index is 5.80. The monoisotopic (exact) mass is 359 g/mol. The molecule has 1 heterocycles. The largest absolute Gasteiger partial charge is 0.462 e. The van der Waals surface area contributed by atoms with Crippen molar-refractivity contribution < 1.29 is 4.42 Å². The number of aryl methyl sites for hydroxylation is 1. The minimum Gasteiger partial charge on any atom is -0.462 e. The van der Waals surface area contributed by atoms with Gasteiger partial charge in [-0.1, -0.05) is 26.2 Å². The van der Waals surface area contributed by atoms with Crippen LogP contribution in [0, 0.1) is 6.92 Å². The van der Waals surface area contributed by atoms with E-state index in [1.807, 2.05) is 26.0 Å². The molecule has 2 rings (SSSR count). The van der Waals surface area contributed by atoms with Crippen molar-refractivity contribution in [1.29, 1.82) is 0 Å². The summed E-state index contributed by atoms with van der Waals surface area (Å²) in [6.45, 7) is 8.06. The molecule has 1 fully saturated rings. The third-order valence-corrected chi connectivity index (χ3v) is 5.28. The van der Waals surface area contributed by atoms with Crippen LogP contribution in [0.25, 0.3) is 5.57 Å². The first kappa shape index (κ1) is 20.8. The third kappa shape index (κ3) is 7.00. The van der Waals surface area contributed by atoms with Crippen LogP contribution >= 0.6 is 0 Å². The fourth-order valence-electron chi connectivity index (χ4n) is 3.65. The molecule has 0 aliphatic heterocycles. The highest BCUT2D eigenvalue weighted by Gasteiger charge is 2.16. The summed E-state index contributed by atoms with van der Waals surface area (Å²) in [5.41, 5.74) is 7.83. The minimum atomic E-state index is 0.606. The Kier molecular flexibility index (Phi) is 8.99.